The van der Waals surface area contributed by atoms with E-state index in [-0.39, 0.29) is 29.8 Å². The van der Waals surface area contributed by atoms with Gasteiger partial charge in [0, 0.05) is 24.2 Å². The fraction of sp³-hybridized carbons (Fsp3) is 0.304. The second-order valence-corrected chi connectivity index (χ2v) is 7.20. The summed E-state index contributed by atoms with van der Waals surface area (Å²) >= 11 is 5.12. The first-order chi connectivity index (χ1) is 15.0. The van der Waals surface area contributed by atoms with Gasteiger partial charge in [0.15, 0.2) is 5.11 Å². The van der Waals surface area contributed by atoms with E-state index < -0.39 is 5.97 Å². The number of carbonyl (C=O) groups is 3. The summed E-state index contributed by atoms with van der Waals surface area (Å²) in [6.07, 6.45) is 1.95. The highest BCUT2D eigenvalue weighted by molar-refractivity contribution is 7.80. The molecule has 0 spiro atoms. The van der Waals surface area contributed by atoms with E-state index in [0.717, 1.165) is 12.8 Å². The molecule has 2 amide bonds. The zero-order valence-electron chi connectivity index (χ0n) is 17.5. The molecular weight excluding hydrogens is 414 g/mol. The molecule has 31 heavy (non-hydrogen) atoms. The van der Waals surface area contributed by atoms with Gasteiger partial charge in [0.2, 0.25) is 11.8 Å². The van der Waals surface area contributed by atoms with Crippen molar-refractivity contribution in [2.75, 3.05) is 17.2 Å². The van der Waals surface area contributed by atoms with E-state index in [1.165, 1.54) is 5.56 Å². The molecule has 0 heterocycles. The molecule has 0 aliphatic heterocycles. The molecule has 0 bridgehead atoms. The van der Waals surface area contributed by atoms with E-state index in [1.807, 2.05) is 30.3 Å². The van der Waals surface area contributed by atoms with Crippen molar-refractivity contribution in [2.45, 2.75) is 39.0 Å². The molecule has 0 radical (unpaired) electrons. The molecule has 0 aliphatic rings. The number of anilines is 2. The Kier molecular flexibility index (Phi) is 10.2. The van der Waals surface area contributed by atoms with E-state index >= 15 is 0 Å². The maximum absolute atomic E-state index is 12.0. The monoisotopic (exact) mass is 441 g/mol. The fourth-order valence-electron chi connectivity index (χ4n) is 2.63. The second-order valence-electron chi connectivity index (χ2n) is 6.79. The summed E-state index contributed by atoms with van der Waals surface area (Å²) in [7, 11) is 0. The highest BCUT2D eigenvalue weighted by Gasteiger charge is 2.10. The number of benzene rings is 2. The van der Waals surface area contributed by atoms with Crippen molar-refractivity contribution in [3.05, 3.63) is 60.2 Å². The van der Waals surface area contributed by atoms with Crippen LogP contribution in [0.1, 0.15) is 38.2 Å². The standard InChI is InChI=1S/C23H27N3O4S/c1-2-20(27)24-18-10-12-19(13-11-18)25-23(31)26-21(28)14-15-22(29)30-16-6-9-17-7-4-3-5-8-17/h3-5,7-8,10-13H,2,6,9,14-16H2,1H3,(H,24,27)(H2,25,26,28,31). The zero-order valence-corrected chi connectivity index (χ0v) is 18.3. The summed E-state index contributed by atoms with van der Waals surface area (Å²) in [6, 6.07) is 16.9. The predicted molar refractivity (Wildman–Crippen MR) is 125 cm³/mol. The van der Waals surface area contributed by atoms with Gasteiger partial charge in [0.05, 0.1) is 13.0 Å². The Hall–Kier alpha value is -3.26. The Morgan fingerprint density at radius 3 is 2.16 bits per heavy atom. The summed E-state index contributed by atoms with van der Waals surface area (Å²) in [5.74, 6) is -0.851. The van der Waals surface area contributed by atoms with Crippen LogP contribution in [0.3, 0.4) is 0 Å². The molecule has 164 valence electrons. The number of ether oxygens (including phenoxy) is 1. The molecule has 0 aliphatic carbocycles. The van der Waals surface area contributed by atoms with Gasteiger partial charge in [-0.2, -0.15) is 0 Å². The summed E-state index contributed by atoms with van der Waals surface area (Å²) in [5, 5.41) is 8.29. The number of hydrogen-bond acceptors (Lipinski definition) is 5. The van der Waals surface area contributed by atoms with Gasteiger partial charge in [0.25, 0.3) is 0 Å². The zero-order chi connectivity index (χ0) is 22.5. The van der Waals surface area contributed by atoms with Gasteiger partial charge in [0.1, 0.15) is 0 Å². The van der Waals surface area contributed by atoms with Gasteiger partial charge in [-0.1, -0.05) is 37.3 Å². The maximum Gasteiger partial charge on any atom is 0.306 e. The number of hydrogen-bond donors (Lipinski definition) is 3. The van der Waals surface area contributed by atoms with Crippen molar-refractivity contribution in [3.8, 4) is 0 Å². The van der Waals surface area contributed by atoms with E-state index in [2.05, 4.69) is 16.0 Å². The van der Waals surface area contributed by atoms with Crippen molar-refractivity contribution in [2.24, 2.45) is 0 Å². The lowest BCUT2D eigenvalue weighted by molar-refractivity contribution is -0.145. The molecule has 0 aromatic heterocycles. The van der Waals surface area contributed by atoms with E-state index in [0.29, 0.717) is 24.4 Å². The maximum atomic E-state index is 12.0. The number of rotatable bonds is 10. The summed E-state index contributed by atoms with van der Waals surface area (Å²) in [5.41, 5.74) is 2.53. The average molecular weight is 442 g/mol. The van der Waals surface area contributed by atoms with Crippen molar-refractivity contribution in [1.29, 1.82) is 0 Å². The number of thiocarbonyl (C=S) groups is 1. The molecule has 2 rings (SSSR count). The first-order valence-corrected chi connectivity index (χ1v) is 10.6. The Balaban J connectivity index is 1.61. The largest absolute Gasteiger partial charge is 0.466 e. The summed E-state index contributed by atoms with van der Waals surface area (Å²) < 4.78 is 5.16. The van der Waals surface area contributed by atoms with Crippen molar-refractivity contribution < 1.29 is 19.1 Å². The molecular formula is C23H27N3O4S. The van der Waals surface area contributed by atoms with Crippen LogP contribution in [0.5, 0.6) is 0 Å². The van der Waals surface area contributed by atoms with Crippen LogP contribution < -0.4 is 16.0 Å². The van der Waals surface area contributed by atoms with Crippen molar-refractivity contribution in [1.82, 2.24) is 5.32 Å². The minimum atomic E-state index is -0.410. The lowest BCUT2D eigenvalue weighted by atomic mass is 10.1. The van der Waals surface area contributed by atoms with Gasteiger partial charge in [-0.25, -0.2) is 0 Å². The van der Waals surface area contributed by atoms with Crippen LogP contribution in [0.25, 0.3) is 0 Å². The third kappa shape index (κ3) is 9.86. The van der Waals surface area contributed by atoms with Gasteiger partial charge < -0.3 is 20.7 Å². The van der Waals surface area contributed by atoms with E-state index in [9.17, 15) is 14.4 Å². The van der Waals surface area contributed by atoms with Crippen LogP contribution in [-0.4, -0.2) is 29.5 Å². The SMILES string of the molecule is CCC(=O)Nc1ccc(NC(=S)NC(=O)CCC(=O)OCCCc2ccccc2)cc1. The minimum absolute atomic E-state index is 0.00833. The molecule has 2 aromatic rings. The van der Waals surface area contributed by atoms with E-state index in [1.54, 1.807) is 31.2 Å². The minimum Gasteiger partial charge on any atom is -0.466 e. The van der Waals surface area contributed by atoms with Crippen LogP contribution in [0.4, 0.5) is 11.4 Å². The Bertz CT molecular complexity index is 885. The number of carbonyl (C=O) groups excluding carboxylic acids is 3. The van der Waals surface area contributed by atoms with Crippen LogP contribution in [0.15, 0.2) is 54.6 Å². The number of amides is 2. The first kappa shape index (κ1) is 24.0. The predicted octanol–water partition coefficient (Wildman–Crippen LogP) is 3.80. The first-order valence-electron chi connectivity index (χ1n) is 10.2. The number of nitrogens with one attached hydrogen (secondary N) is 3. The fourth-order valence-corrected chi connectivity index (χ4v) is 2.86. The third-order valence-corrected chi connectivity index (χ3v) is 4.48. The van der Waals surface area contributed by atoms with Crippen molar-refractivity contribution >= 4 is 46.5 Å². The van der Waals surface area contributed by atoms with Crippen LogP contribution >= 0.6 is 12.2 Å². The molecule has 0 unspecified atom stereocenters. The summed E-state index contributed by atoms with van der Waals surface area (Å²) in [4.78, 5) is 35.1. The van der Waals surface area contributed by atoms with Gasteiger partial charge in [-0.15, -0.1) is 0 Å². The quantitative estimate of drug-likeness (QED) is 0.295. The highest BCUT2D eigenvalue weighted by atomic mass is 32.1. The lowest BCUT2D eigenvalue weighted by Gasteiger charge is -2.10. The van der Waals surface area contributed by atoms with Crippen LogP contribution in [0.2, 0.25) is 0 Å². The smallest absolute Gasteiger partial charge is 0.306 e. The highest BCUT2D eigenvalue weighted by Crippen LogP contribution is 2.13. The van der Waals surface area contributed by atoms with Gasteiger partial charge in [-0.05, 0) is 54.9 Å². The van der Waals surface area contributed by atoms with E-state index in [4.69, 9.17) is 17.0 Å². The van der Waals surface area contributed by atoms with Crippen LogP contribution in [0, 0.1) is 0 Å². The average Bonchev–Trinajstić information content (AvgIpc) is 2.77. The normalized spacial score (nSPS) is 10.1. The summed E-state index contributed by atoms with van der Waals surface area (Å²) in [6.45, 7) is 2.10. The molecule has 0 fully saturated rings. The topological polar surface area (TPSA) is 96.5 Å². The second kappa shape index (κ2) is 13.1. The third-order valence-electron chi connectivity index (χ3n) is 4.27. The number of aryl methyl sites for hydroxylation is 1. The Labute approximate surface area is 187 Å². The lowest BCUT2D eigenvalue weighted by Crippen LogP contribution is -2.34. The van der Waals surface area contributed by atoms with Crippen LogP contribution in [-0.2, 0) is 25.5 Å². The Morgan fingerprint density at radius 2 is 1.52 bits per heavy atom. The number of esters is 1. The molecule has 3 N–H and O–H groups in total. The molecule has 0 atom stereocenters. The Morgan fingerprint density at radius 1 is 0.871 bits per heavy atom. The van der Waals surface area contributed by atoms with Gasteiger partial charge >= 0.3 is 5.97 Å². The van der Waals surface area contributed by atoms with Crippen molar-refractivity contribution in [3.63, 3.8) is 0 Å². The molecule has 8 heteroatoms. The molecule has 7 nitrogen and oxygen atoms in total. The van der Waals surface area contributed by atoms with Gasteiger partial charge in [-0.3, -0.25) is 14.4 Å². The molecule has 2 aromatic carbocycles. The molecule has 0 saturated carbocycles. The molecule has 0 saturated heterocycles.